The molecule has 0 saturated carbocycles. The minimum atomic E-state index is -1.23. The summed E-state index contributed by atoms with van der Waals surface area (Å²) in [5.41, 5.74) is 0.462. The number of methoxy groups -OCH3 is 1. The first-order valence-corrected chi connectivity index (χ1v) is 9.33. The van der Waals surface area contributed by atoms with Crippen molar-refractivity contribution in [3.8, 4) is 11.5 Å². The summed E-state index contributed by atoms with van der Waals surface area (Å²) >= 11 is 0. The van der Waals surface area contributed by atoms with E-state index in [0.29, 0.717) is 5.69 Å². The van der Waals surface area contributed by atoms with Crippen LogP contribution in [-0.2, 0) is 14.3 Å². The number of benzene rings is 2. The molecule has 1 unspecified atom stereocenters. The lowest BCUT2D eigenvalue weighted by Crippen LogP contribution is -2.43. The Hall–Kier alpha value is -4.15. The van der Waals surface area contributed by atoms with Crippen molar-refractivity contribution in [3.05, 3.63) is 53.8 Å². The molecule has 10 nitrogen and oxygen atoms in total. The van der Waals surface area contributed by atoms with Gasteiger partial charge in [0.05, 0.1) is 12.7 Å². The maximum Gasteiger partial charge on any atom is 0.339 e. The van der Waals surface area contributed by atoms with Crippen LogP contribution >= 0.6 is 0 Å². The molecule has 0 aliphatic heterocycles. The first-order valence-electron chi connectivity index (χ1n) is 9.33. The average Bonchev–Trinajstić information content (AvgIpc) is 2.78. The Morgan fingerprint density at radius 2 is 1.72 bits per heavy atom. The molecule has 0 saturated heterocycles. The number of carbonyl (C=O) groups excluding carboxylic acids is 4. The molecular formula is C21H22FN3O7. The summed E-state index contributed by atoms with van der Waals surface area (Å²) in [4.78, 5) is 47.3. The van der Waals surface area contributed by atoms with E-state index in [1.165, 1.54) is 63.5 Å². The molecule has 11 heteroatoms. The van der Waals surface area contributed by atoms with Gasteiger partial charge in [-0.3, -0.25) is 14.9 Å². The number of rotatable bonds is 8. The summed E-state index contributed by atoms with van der Waals surface area (Å²) in [5, 5.41) is 6.75. The minimum absolute atomic E-state index is 0.0598. The van der Waals surface area contributed by atoms with Crippen molar-refractivity contribution in [2.45, 2.75) is 13.0 Å². The van der Waals surface area contributed by atoms with Gasteiger partial charge >= 0.3 is 12.0 Å². The number of amides is 4. The smallest absolute Gasteiger partial charge is 0.339 e. The van der Waals surface area contributed by atoms with Gasteiger partial charge in [-0.2, -0.15) is 0 Å². The Kier molecular flexibility index (Phi) is 8.52. The Balaban J connectivity index is 1.96. The number of halogens is 1. The molecule has 0 aliphatic carbocycles. The molecule has 0 bridgehead atoms. The summed E-state index contributed by atoms with van der Waals surface area (Å²) in [6.07, 6.45) is -1.23. The van der Waals surface area contributed by atoms with Gasteiger partial charge in [-0.05, 0) is 49.4 Å². The fourth-order valence-electron chi connectivity index (χ4n) is 2.35. The number of nitrogens with one attached hydrogen (secondary N) is 3. The van der Waals surface area contributed by atoms with E-state index < -0.39 is 35.7 Å². The quantitative estimate of drug-likeness (QED) is 0.526. The fourth-order valence-corrected chi connectivity index (χ4v) is 2.35. The first kappa shape index (κ1) is 24.1. The summed E-state index contributed by atoms with van der Waals surface area (Å²) in [6, 6.07) is 8.58. The van der Waals surface area contributed by atoms with Crippen molar-refractivity contribution in [2.75, 3.05) is 26.1 Å². The van der Waals surface area contributed by atoms with Crippen molar-refractivity contribution in [3.63, 3.8) is 0 Å². The molecule has 0 aliphatic rings. The monoisotopic (exact) mass is 447 g/mol. The molecule has 4 amide bonds. The van der Waals surface area contributed by atoms with Crippen LogP contribution in [0.25, 0.3) is 0 Å². The van der Waals surface area contributed by atoms with E-state index >= 15 is 0 Å². The van der Waals surface area contributed by atoms with Crippen LogP contribution in [0, 0.1) is 5.82 Å². The molecule has 1 atom stereocenters. The van der Waals surface area contributed by atoms with Crippen LogP contribution in [0.15, 0.2) is 42.5 Å². The highest BCUT2D eigenvalue weighted by Crippen LogP contribution is 2.28. The van der Waals surface area contributed by atoms with Gasteiger partial charge in [-0.25, -0.2) is 14.0 Å². The molecule has 0 radical (unpaired) electrons. The third-order valence-electron chi connectivity index (χ3n) is 4.00. The van der Waals surface area contributed by atoms with E-state index in [4.69, 9.17) is 14.2 Å². The van der Waals surface area contributed by atoms with Crippen molar-refractivity contribution in [1.82, 2.24) is 10.6 Å². The standard InChI is InChI=1S/C21H22FN3O7/c1-12(19(27)25-21(29)23-2)32-20(28)13-4-9-16(17(10-13)30-3)31-11-18(26)24-15-7-5-14(22)6-8-15/h4-10,12H,11H2,1-3H3,(H,24,26)(H2,23,25,27,29). The van der Waals surface area contributed by atoms with Crippen molar-refractivity contribution < 1.29 is 37.8 Å². The van der Waals surface area contributed by atoms with Gasteiger partial charge in [0.1, 0.15) is 5.82 Å². The number of urea groups is 1. The van der Waals surface area contributed by atoms with Crippen LogP contribution in [-0.4, -0.2) is 50.7 Å². The van der Waals surface area contributed by atoms with Gasteiger partial charge in [-0.15, -0.1) is 0 Å². The summed E-state index contributed by atoms with van der Waals surface area (Å²) in [6.45, 7) is 0.943. The van der Waals surface area contributed by atoms with Crippen LogP contribution in [0.2, 0.25) is 0 Å². The Bertz CT molecular complexity index is 995. The van der Waals surface area contributed by atoms with E-state index in [9.17, 15) is 23.6 Å². The lowest BCUT2D eigenvalue weighted by molar-refractivity contribution is -0.127. The second-order valence-corrected chi connectivity index (χ2v) is 6.33. The first-order chi connectivity index (χ1) is 15.2. The van der Waals surface area contributed by atoms with Crippen molar-refractivity contribution >= 4 is 29.5 Å². The number of ether oxygens (including phenoxy) is 3. The molecule has 0 fully saturated rings. The van der Waals surface area contributed by atoms with Gasteiger partial charge in [0.25, 0.3) is 11.8 Å². The molecule has 0 heterocycles. The third-order valence-corrected chi connectivity index (χ3v) is 4.00. The van der Waals surface area contributed by atoms with Gasteiger partial charge in [0.2, 0.25) is 0 Å². The van der Waals surface area contributed by atoms with Gasteiger partial charge in [0.15, 0.2) is 24.2 Å². The Morgan fingerprint density at radius 1 is 1.03 bits per heavy atom. The number of hydrogen-bond donors (Lipinski definition) is 3. The maximum atomic E-state index is 12.9. The second-order valence-electron chi connectivity index (χ2n) is 6.33. The minimum Gasteiger partial charge on any atom is -0.493 e. The molecule has 2 rings (SSSR count). The normalized spacial score (nSPS) is 11.0. The largest absolute Gasteiger partial charge is 0.493 e. The number of hydrogen-bond acceptors (Lipinski definition) is 7. The number of carbonyl (C=O) groups is 4. The topological polar surface area (TPSA) is 132 Å². The summed E-state index contributed by atoms with van der Waals surface area (Å²) in [5.74, 6) is -2.21. The average molecular weight is 447 g/mol. The SMILES string of the molecule is CNC(=O)NC(=O)C(C)OC(=O)c1ccc(OCC(=O)Nc2ccc(F)cc2)c(OC)c1. The van der Waals surface area contributed by atoms with E-state index in [1.54, 1.807) is 0 Å². The van der Waals surface area contributed by atoms with E-state index in [2.05, 4.69) is 10.6 Å². The van der Waals surface area contributed by atoms with E-state index in [0.717, 1.165) is 0 Å². The Labute approximate surface area is 183 Å². The molecule has 2 aromatic rings. The van der Waals surface area contributed by atoms with Crippen LogP contribution < -0.4 is 25.4 Å². The molecule has 3 N–H and O–H groups in total. The molecule has 0 spiro atoms. The van der Waals surface area contributed by atoms with Crippen LogP contribution in [0.4, 0.5) is 14.9 Å². The predicted octanol–water partition coefficient (Wildman–Crippen LogP) is 1.85. The summed E-state index contributed by atoms with van der Waals surface area (Å²) in [7, 11) is 2.68. The highest BCUT2D eigenvalue weighted by molar-refractivity contribution is 5.98. The zero-order chi connectivity index (χ0) is 23.7. The summed E-state index contributed by atoms with van der Waals surface area (Å²) < 4.78 is 28.6. The molecule has 32 heavy (non-hydrogen) atoms. The highest BCUT2D eigenvalue weighted by Gasteiger charge is 2.21. The third kappa shape index (κ3) is 6.97. The fraction of sp³-hybridized carbons (Fsp3) is 0.238. The van der Waals surface area contributed by atoms with Crippen LogP contribution in [0.3, 0.4) is 0 Å². The number of esters is 1. The molecule has 0 aromatic heterocycles. The van der Waals surface area contributed by atoms with Crippen molar-refractivity contribution in [1.29, 1.82) is 0 Å². The zero-order valence-corrected chi connectivity index (χ0v) is 17.6. The van der Waals surface area contributed by atoms with E-state index in [1.807, 2.05) is 5.32 Å². The van der Waals surface area contributed by atoms with Crippen LogP contribution in [0.1, 0.15) is 17.3 Å². The molecule has 2 aromatic carbocycles. The lowest BCUT2D eigenvalue weighted by atomic mass is 10.2. The van der Waals surface area contributed by atoms with Gasteiger partial charge in [-0.1, -0.05) is 0 Å². The lowest BCUT2D eigenvalue weighted by Gasteiger charge is -2.14. The van der Waals surface area contributed by atoms with Gasteiger partial charge in [0, 0.05) is 12.7 Å². The number of imide groups is 1. The maximum absolute atomic E-state index is 12.9. The van der Waals surface area contributed by atoms with Gasteiger partial charge < -0.3 is 24.8 Å². The molecule has 170 valence electrons. The second kappa shape index (κ2) is 11.3. The highest BCUT2D eigenvalue weighted by atomic mass is 19.1. The van der Waals surface area contributed by atoms with Crippen LogP contribution in [0.5, 0.6) is 11.5 Å². The molecular weight excluding hydrogens is 425 g/mol. The zero-order valence-electron chi connectivity index (χ0n) is 17.6. The van der Waals surface area contributed by atoms with Crippen molar-refractivity contribution in [2.24, 2.45) is 0 Å². The van der Waals surface area contributed by atoms with E-state index in [-0.39, 0.29) is 23.7 Å². The number of anilines is 1. The predicted molar refractivity (Wildman–Crippen MR) is 111 cm³/mol. The Morgan fingerprint density at radius 3 is 2.34 bits per heavy atom.